The predicted octanol–water partition coefficient (Wildman–Crippen LogP) is 3.32. The summed E-state index contributed by atoms with van der Waals surface area (Å²) in [5.74, 6) is -1.48. The minimum atomic E-state index is -0.741. The first-order valence-corrected chi connectivity index (χ1v) is 5.55. The van der Waals surface area contributed by atoms with Crippen LogP contribution in [0.25, 0.3) is 0 Å². The molecule has 0 aliphatic rings. The quantitative estimate of drug-likeness (QED) is 0.529. The second-order valence-electron chi connectivity index (χ2n) is 3.81. The lowest BCUT2D eigenvalue weighted by molar-refractivity contribution is -0.384. The molecule has 0 heterocycles. The van der Waals surface area contributed by atoms with Crippen LogP contribution in [0.2, 0.25) is 0 Å². The molecule has 0 fully saturated rings. The van der Waals surface area contributed by atoms with E-state index in [1.165, 1.54) is 24.3 Å². The highest BCUT2D eigenvalue weighted by Gasteiger charge is 2.06. The van der Waals surface area contributed by atoms with Crippen molar-refractivity contribution in [2.45, 2.75) is 0 Å². The minimum absolute atomic E-state index is 0.109. The van der Waals surface area contributed by atoms with Gasteiger partial charge in [-0.05, 0) is 18.2 Å². The number of non-ortho nitro benzene ring substituents is 1. The van der Waals surface area contributed by atoms with E-state index in [1.807, 2.05) is 0 Å². The van der Waals surface area contributed by atoms with Gasteiger partial charge >= 0.3 is 0 Å². The van der Waals surface area contributed by atoms with Crippen LogP contribution in [0.5, 0.6) is 0 Å². The van der Waals surface area contributed by atoms with E-state index in [4.69, 9.17) is 0 Å². The summed E-state index contributed by atoms with van der Waals surface area (Å²) in [6.07, 6.45) is 0.976. The highest BCUT2D eigenvalue weighted by Crippen LogP contribution is 2.17. The largest absolute Gasteiger partial charge is 0.278 e. The van der Waals surface area contributed by atoms with Gasteiger partial charge in [0, 0.05) is 12.1 Å². The van der Waals surface area contributed by atoms with E-state index < -0.39 is 16.6 Å². The van der Waals surface area contributed by atoms with Crippen LogP contribution in [-0.4, -0.2) is 11.1 Å². The van der Waals surface area contributed by atoms with Gasteiger partial charge in [-0.3, -0.25) is 15.5 Å². The van der Waals surface area contributed by atoms with E-state index in [2.05, 4.69) is 10.5 Å². The van der Waals surface area contributed by atoms with Gasteiger partial charge < -0.3 is 0 Å². The summed E-state index contributed by atoms with van der Waals surface area (Å²) in [6, 6.07) is 9.06. The summed E-state index contributed by atoms with van der Waals surface area (Å²) < 4.78 is 26.6. The lowest BCUT2D eigenvalue weighted by atomic mass is 10.2. The van der Waals surface area contributed by atoms with Crippen LogP contribution in [0.15, 0.2) is 47.6 Å². The second-order valence-corrected chi connectivity index (χ2v) is 3.81. The maximum atomic E-state index is 13.3. The Morgan fingerprint density at radius 2 is 1.80 bits per heavy atom. The van der Waals surface area contributed by atoms with Crippen molar-refractivity contribution in [2.24, 2.45) is 5.10 Å². The summed E-state index contributed by atoms with van der Waals surface area (Å²) in [6.45, 7) is 0. The molecule has 0 atom stereocenters. The Labute approximate surface area is 112 Å². The molecule has 0 bridgehead atoms. The first kappa shape index (κ1) is 13.6. The lowest BCUT2D eigenvalue weighted by Gasteiger charge is -2.01. The summed E-state index contributed by atoms with van der Waals surface area (Å²) >= 11 is 0. The first-order valence-electron chi connectivity index (χ1n) is 5.55. The molecule has 0 aromatic heterocycles. The third-order valence-corrected chi connectivity index (χ3v) is 2.44. The number of halogens is 2. The van der Waals surface area contributed by atoms with Crippen molar-refractivity contribution in [3.63, 3.8) is 0 Å². The van der Waals surface area contributed by atoms with E-state index in [0.29, 0.717) is 5.69 Å². The third-order valence-electron chi connectivity index (χ3n) is 2.44. The molecule has 0 amide bonds. The van der Waals surface area contributed by atoms with Gasteiger partial charge in [0.2, 0.25) is 0 Å². The average Bonchev–Trinajstić information content (AvgIpc) is 2.42. The number of hydrogen-bond donors (Lipinski definition) is 1. The van der Waals surface area contributed by atoms with Crippen molar-refractivity contribution >= 4 is 17.6 Å². The maximum Gasteiger partial charge on any atom is 0.271 e. The van der Waals surface area contributed by atoms with Crippen LogP contribution in [-0.2, 0) is 0 Å². The van der Waals surface area contributed by atoms with Crippen LogP contribution in [0.4, 0.5) is 20.2 Å². The minimum Gasteiger partial charge on any atom is -0.278 e. The van der Waals surface area contributed by atoms with Crippen LogP contribution in [0.3, 0.4) is 0 Å². The Balaban J connectivity index is 2.14. The van der Waals surface area contributed by atoms with Gasteiger partial charge in [0.05, 0.1) is 22.4 Å². The zero-order valence-corrected chi connectivity index (χ0v) is 10.1. The number of nitro benzene ring substituents is 1. The van der Waals surface area contributed by atoms with E-state index in [-0.39, 0.29) is 11.3 Å². The molecule has 1 N–H and O–H groups in total. The number of nitrogens with one attached hydrogen (secondary N) is 1. The highest BCUT2D eigenvalue weighted by atomic mass is 19.1. The standard InChI is InChI=1S/C13H9F2N3O2/c14-12-5-2-6-13(15)11(12)8-16-17-9-3-1-4-10(7-9)18(19)20/h1-8,17H. The van der Waals surface area contributed by atoms with Crippen LogP contribution < -0.4 is 5.43 Å². The zero-order valence-electron chi connectivity index (χ0n) is 10.1. The predicted molar refractivity (Wildman–Crippen MR) is 70.7 cm³/mol. The van der Waals surface area contributed by atoms with Crippen LogP contribution in [0, 0.1) is 21.7 Å². The summed E-state index contributed by atoms with van der Waals surface area (Å²) in [5, 5.41) is 14.2. The lowest BCUT2D eigenvalue weighted by Crippen LogP contribution is -1.97. The molecule has 2 rings (SSSR count). The van der Waals surface area contributed by atoms with Crippen molar-refractivity contribution in [2.75, 3.05) is 5.43 Å². The van der Waals surface area contributed by atoms with Crippen molar-refractivity contribution in [3.05, 3.63) is 69.8 Å². The van der Waals surface area contributed by atoms with Crippen molar-refractivity contribution in [1.82, 2.24) is 0 Å². The fourth-order valence-electron chi connectivity index (χ4n) is 1.49. The van der Waals surface area contributed by atoms with Crippen molar-refractivity contribution in [1.29, 1.82) is 0 Å². The Morgan fingerprint density at radius 1 is 1.15 bits per heavy atom. The molecule has 5 nitrogen and oxygen atoms in total. The molecular formula is C13H9F2N3O2. The number of hydrogen-bond acceptors (Lipinski definition) is 4. The molecule has 0 aliphatic carbocycles. The highest BCUT2D eigenvalue weighted by molar-refractivity contribution is 5.81. The van der Waals surface area contributed by atoms with Gasteiger partial charge in [-0.2, -0.15) is 5.10 Å². The average molecular weight is 277 g/mol. The fraction of sp³-hybridized carbons (Fsp3) is 0. The topological polar surface area (TPSA) is 67.5 Å². The van der Waals surface area contributed by atoms with Crippen molar-refractivity contribution in [3.8, 4) is 0 Å². The molecule has 2 aromatic rings. The van der Waals surface area contributed by atoms with E-state index >= 15 is 0 Å². The normalized spacial score (nSPS) is 10.7. The third kappa shape index (κ3) is 3.14. The van der Waals surface area contributed by atoms with Gasteiger partial charge in [0.25, 0.3) is 5.69 Å². The number of nitro groups is 1. The van der Waals surface area contributed by atoms with E-state index in [9.17, 15) is 18.9 Å². The summed E-state index contributed by atoms with van der Waals surface area (Å²) in [5.41, 5.74) is 2.42. The number of nitrogens with zero attached hydrogens (tertiary/aromatic N) is 2. The molecular weight excluding hydrogens is 268 g/mol. The molecule has 0 spiro atoms. The molecule has 0 saturated heterocycles. The zero-order chi connectivity index (χ0) is 14.5. The molecule has 0 saturated carbocycles. The van der Waals surface area contributed by atoms with Crippen LogP contribution >= 0.6 is 0 Å². The monoisotopic (exact) mass is 277 g/mol. The molecule has 0 unspecified atom stereocenters. The van der Waals surface area contributed by atoms with Gasteiger partial charge in [-0.1, -0.05) is 12.1 Å². The smallest absolute Gasteiger partial charge is 0.271 e. The number of rotatable bonds is 4. The summed E-state index contributed by atoms with van der Waals surface area (Å²) in [4.78, 5) is 10.0. The second kappa shape index (κ2) is 5.87. The number of benzene rings is 2. The maximum absolute atomic E-state index is 13.3. The Kier molecular flexibility index (Phi) is 3.99. The first-order chi connectivity index (χ1) is 9.58. The van der Waals surface area contributed by atoms with Gasteiger partial charge in [0.1, 0.15) is 11.6 Å². The fourth-order valence-corrected chi connectivity index (χ4v) is 1.49. The van der Waals surface area contributed by atoms with E-state index in [1.54, 1.807) is 6.07 Å². The molecule has 102 valence electrons. The van der Waals surface area contributed by atoms with Crippen molar-refractivity contribution < 1.29 is 13.7 Å². The molecule has 0 radical (unpaired) electrons. The number of hydrazone groups is 1. The van der Waals surface area contributed by atoms with Crippen LogP contribution in [0.1, 0.15) is 5.56 Å². The molecule has 20 heavy (non-hydrogen) atoms. The van der Waals surface area contributed by atoms with Gasteiger partial charge in [0.15, 0.2) is 0 Å². The Hall–Kier alpha value is -2.83. The molecule has 0 aliphatic heterocycles. The number of anilines is 1. The summed E-state index contributed by atoms with van der Waals surface area (Å²) in [7, 11) is 0. The van der Waals surface area contributed by atoms with E-state index in [0.717, 1.165) is 18.3 Å². The Morgan fingerprint density at radius 3 is 2.45 bits per heavy atom. The Bertz CT molecular complexity index is 654. The van der Waals surface area contributed by atoms with Gasteiger partial charge in [-0.15, -0.1) is 0 Å². The SMILES string of the molecule is O=[N+]([O-])c1cccc(NN=Cc2c(F)cccc2F)c1. The van der Waals surface area contributed by atoms with Gasteiger partial charge in [-0.25, -0.2) is 8.78 Å². The molecule has 2 aromatic carbocycles. The molecule has 7 heteroatoms.